The summed E-state index contributed by atoms with van der Waals surface area (Å²) in [5.41, 5.74) is 4.80. The molecule has 0 heterocycles. The van der Waals surface area contributed by atoms with Gasteiger partial charge in [0.05, 0.1) is 0 Å². The zero-order valence-corrected chi connectivity index (χ0v) is 32.2. The van der Waals surface area contributed by atoms with E-state index in [0.29, 0.717) is 30.1 Å². The van der Waals surface area contributed by atoms with Crippen molar-refractivity contribution in [3.63, 3.8) is 0 Å². The number of phenolic OH excluding ortho intramolecular Hbond substituents is 1. The van der Waals surface area contributed by atoms with Gasteiger partial charge in [-0.1, -0.05) is 118 Å². The van der Waals surface area contributed by atoms with E-state index < -0.39 is 0 Å². The molecule has 1 aromatic rings. The molecule has 0 radical (unpaired) electrons. The summed E-state index contributed by atoms with van der Waals surface area (Å²) in [4.78, 5) is 25.3. The molecule has 0 fully saturated rings. The van der Waals surface area contributed by atoms with Gasteiger partial charge in [0, 0.05) is 24.3 Å². The summed E-state index contributed by atoms with van der Waals surface area (Å²) in [6.45, 7) is 14.8. The van der Waals surface area contributed by atoms with Crippen molar-refractivity contribution in [3.05, 3.63) is 27.8 Å². The number of rotatable bonds is 28. The number of carbonyl (C=O) groups is 2. The van der Waals surface area contributed by atoms with Gasteiger partial charge in [0.25, 0.3) is 0 Å². The Morgan fingerprint density at radius 2 is 0.891 bits per heavy atom. The van der Waals surface area contributed by atoms with Crippen LogP contribution >= 0.6 is 23.5 Å². The Bertz CT molecular complexity index is 907. The van der Waals surface area contributed by atoms with Crippen LogP contribution in [0.15, 0.2) is 0 Å². The summed E-state index contributed by atoms with van der Waals surface area (Å²) in [6, 6.07) is 0. The lowest BCUT2D eigenvalue weighted by Crippen LogP contribution is -2.16. The van der Waals surface area contributed by atoms with E-state index in [1.54, 1.807) is 23.5 Å². The fourth-order valence-electron chi connectivity index (χ4n) is 5.79. The molecule has 0 saturated heterocycles. The van der Waals surface area contributed by atoms with Crippen molar-refractivity contribution in [3.8, 4) is 5.75 Å². The topological polar surface area (TPSA) is 72.8 Å². The lowest BCUT2D eigenvalue weighted by atomic mass is 9.94. The van der Waals surface area contributed by atoms with Crippen molar-refractivity contribution >= 4 is 35.5 Å². The summed E-state index contributed by atoms with van der Waals surface area (Å²) in [7, 11) is 0. The van der Waals surface area contributed by atoms with Gasteiger partial charge in [-0.2, -0.15) is 0 Å². The monoisotopic (exact) mass is 680 g/mol. The minimum atomic E-state index is -0.188. The quantitative estimate of drug-likeness (QED) is 0.0536. The second-order valence-electron chi connectivity index (χ2n) is 13.0. The maximum absolute atomic E-state index is 12.6. The predicted molar refractivity (Wildman–Crippen MR) is 200 cm³/mol. The number of unbranched alkanes of at least 4 members (excludes halogenated alkanes) is 12. The third-order valence-electron chi connectivity index (χ3n) is 8.89. The number of ether oxygens (including phenoxy) is 2. The number of benzene rings is 1. The van der Waals surface area contributed by atoms with Gasteiger partial charge in [0.2, 0.25) is 0 Å². The van der Waals surface area contributed by atoms with Crippen molar-refractivity contribution in [2.75, 3.05) is 0 Å². The Kier molecular flexibility index (Phi) is 24.7. The smallest absolute Gasteiger partial charge is 0.306 e. The second-order valence-corrected chi connectivity index (χ2v) is 15.3. The van der Waals surface area contributed by atoms with Gasteiger partial charge in [0.15, 0.2) is 0 Å². The van der Waals surface area contributed by atoms with Crippen LogP contribution in [-0.4, -0.2) is 27.9 Å². The summed E-state index contributed by atoms with van der Waals surface area (Å²) in [5, 5.41) is 11.1. The van der Waals surface area contributed by atoms with E-state index in [1.165, 1.54) is 69.8 Å². The average Bonchev–Trinajstić information content (AvgIpc) is 3.03. The van der Waals surface area contributed by atoms with Crippen LogP contribution in [0.3, 0.4) is 0 Å². The van der Waals surface area contributed by atoms with Gasteiger partial charge in [-0.25, -0.2) is 0 Å². The van der Waals surface area contributed by atoms with Gasteiger partial charge < -0.3 is 14.6 Å². The minimum absolute atomic E-state index is 0.0970. The third-order valence-corrected chi connectivity index (χ3v) is 11.2. The summed E-state index contributed by atoms with van der Waals surface area (Å²) in [6.07, 6.45) is 21.0. The van der Waals surface area contributed by atoms with E-state index in [1.807, 2.05) is 13.8 Å². The van der Waals surface area contributed by atoms with Crippen LogP contribution in [0, 0.1) is 20.8 Å². The Labute approximate surface area is 291 Å². The molecule has 7 heteroatoms. The highest BCUT2D eigenvalue weighted by Crippen LogP contribution is 2.38. The van der Waals surface area contributed by atoms with Gasteiger partial charge >= 0.3 is 11.9 Å². The molecule has 0 aliphatic carbocycles. The molecular weight excluding hydrogens is 613 g/mol. The molecule has 1 aromatic carbocycles. The molecule has 2 unspecified atom stereocenters. The van der Waals surface area contributed by atoms with Gasteiger partial charge in [0.1, 0.15) is 16.6 Å². The number of esters is 2. The average molecular weight is 681 g/mol. The predicted octanol–water partition coefficient (Wildman–Crippen LogP) is 12.4. The minimum Gasteiger partial charge on any atom is -0.507 e. The molecule has 1 N–H and O–H groups in total. The van der Waals surface area contributed by atoms with E-state index in [2.05, 4.69) is 34.6 Å². The van der Waals surface area contributed by atoms with Crippen LogP contribution < -0.4 is 0 Å². The van der Waals surface area contributed by atoms with Crippen LogP contribution in [0.5, 0.6) is 5.75 Å². The lowest BCUT2D eigenvalue weighted by molar-refractivity contribution is -0.146. The SMILES string of the molecule is CCCCCCCCCC(=O)OC(CCC)SCc1c(C)c(O)c(C)c(CSC(CCC)OC(=O)CCCCCCCCC)c1C. The normalized spacial score (nSPS) is 12.7. The summed E-state index contributed by atoms with van der Waals surface area (Å²) in [5.74, 6) is 1.48. The highest BCUT2D eigenvalue weighted by molar-refractivity contribution is 7.99. The molecule has 0 aliphatic rings. The first-order valence-corrected chi connectivity index (χ1v) is 20.7. The van der Waals surface area contributed by atoms with Crippen molar-refractivity contribution in [1.82, 2.24) is 0 Å². The van der Waals surface area contributed by atoms with E-state index in [-0.39, 0.29) is 22.8 Å². The zero-order valence-electron chi connectivity index (χ0n) is 30.6. The number of carbonyl (C=O) groups excluding carboxylic acids is 2. The number of thioether (sulfide) groups is 2. The van der Waals surface area contributed by atoms with Gasteiger partial charge in [-0.15, -0.1) is 23.5 Å². The van der Waals surface area contributed by atoms with E-state index in [4.69, 9.17) is 9.47 Å². The maximum Gasteiger partial charge on any atom is 0.306 e. The molecule has 0 bridgehead atoms. The van der Waals surface area contributed by atoms with Crippen LogP contribution in [0.25, 0.3) is 0 Å². The zero-order chi connectivity index (χ0) is 34.2. The highest BCUT2D eigenvalue weighted by atomic mass is 32.2. The van der Waals surface area contributed by atoms with Crippen molar-refractivity contribution in [2.45, 2.75) is 199 Å². The van der Waals surface area contributed by atoms with Crippen LogP contribution in [0.4, 0.5) is 0 Å². The molecule has 0 aliphatic heterocycles. The van der Waals surface area contributed by atoms with Gasteiger partial charge in [-0.3, -0.25) is 9.59 Å². The van der Waals surface area contributed by atoms with Crippen LogP contribution in [0.2, 0.25) is 0 Å². The Balaban J connectivity index is 2.76. The molecule has 266 valence electrons. The lowest BCUT2D eigenvalue weighted by Gasteiger charge is -2.23. The largest absolute Gasteiger partial charge is 0.507 e. The third kappa shape index (κ3) is 17.7. The summed E-state index contributed by atoms with van der Waals surface area (Å²) >= 11 is 3.31. The van der Waals surface area contributed by atoms with Crippen molar-refractivity contribution in [2.24, 2.45) is 0 Å². The first kappa shape index (κ1) is 42.7. The van der Waals surface area contributed by atoms with Crippen molar-refractivity contribution in [1.29, 1.82) is 0 Å². The van der Waals surface area contributed by atoms with Crippen LogP contribution in [-0.2, 0) is 30.6 Å². The fraction of sp³-hybridized carbons (Fsp3) is 0.795. The molecular formula is C39H68O5S2. The van der Waals surface area contributed by atoms with E-state index >= 15 is 0 Å². The molecule has 0 aromatic heterocycles. The fourth-order valence-corrected chi connectivity index (χ4v) is 8.51. The molecule has 46 heavy (non-hydrogen) atoms. The molecule has 0 saturated carbocycles. The molecule has 2 atom stereocenters. The first-order valence-electron chi connectivity index (χ1n) is 18.6. The molecule has 1 rings (SSSR count). The first-order chi connectivity index (χ1) is 22.2. The summed E-state index contributed by atoms with van der Waals surface area (Å²) < 4.78 is 11.9. The standard InChI is InChI=1S/C39H68O5S2/c1-8-12-14-16-18-20-22-26-35(40)43-37(24-10-3)45-28-33-30(5)34(32(7)39(42)31(33)6)29-46-38(25-11-4)44-36(41)27-23-21-19-17-15-13-9-2/h37-38,42H,8-29H2,1-7H3. The maximum atomic E-state index is 12.6. The van der Waals surface area contributed by atoms with Crippen LogP contribution in [0.1, 0.15) is 184 Å². The number of hydrogen-bond donors (Lipinski definition) is 1. The number of phenols is 1. The van der Waals surface area contributed by atoms with Crippen molar-refractivity contribution < 1.29 is 24.2 Å². The number of hydrogen-bond acceptors (Lipinski definition) is 7. The highest BCUT2D eigenvalue weighted by Gasteiger charge is 2.22. The Morgan fingerprint density at radius 3 is 1.24 bits per heavy atom. The Hall–Kier alpha value is -1.34. The Morgan fingerprint density at radius 1 is 0.543 bits per heavy atom. The second kappa shape index (κ2) is 26.6. The van der Waals surface area contributed by atoms with E-state index in [0.717, 1.165) is 73.6 Å². The molecule has 5 nitrogen and oxygen atoms in total. The van der Waals surface area contributed by atoms with Gasteiger partial charge in [-0.05, 0) is 74.3 Å². The van der Waals surface area contributed by atoms with E-state index in [9.17, 15) is 14.7 Å². The molecule has 0 amide bonds. The number of aromatic hydroxyl groups is 1. The molecule has 0 spiro atoms.